The Balaban J connectivity index is 1.72. The van der Waals surface area contributed by atoms with E-state index in [1.807, 2.05) is 42.5 Å². The fourth-order valence-electron chi connectivity index (χ4n) is 3.42. The molecule has 5 aromatic rings. The highest BCUT2D eigenvalue weighted by molar-refractivity contribution is 9.10. The van der Waals surface area contributed by atoms with Crippen LogP contribution in [0, 0.1) is 0 Å². The molecule has 3 aromatic carbocycles. The van der Waals surface area contributed by atoms with Gasteiger partial charge in [0, 0.05) is 27.2 Å². The molecule has 138 valence electrons. The Morgan fingerprint density at radius 2 is 1.34 bits per heavy atom. The van der Waals surface area contributed by atoms with E-state index in [1.165, 1.54) is 5.56 Å². The van der Waals surface area contributed by atoms with Crippen molar-refractivity contribution in [3.63, 3.8) is 0 Å². The first-order valence-corrected chi connectivity index (χ1v) is 10.1. The smallest absolute Gasteiger partial charge is 0.163 e. The minimum atomic E-state index is 0.664. The molecule has 5 rings (SSSR count). The lowest BCUT2D eigenvalue weighted by Gasteiger charge is -2.10. The third-order valence-corrected chi connectivity index (χ3v) is 5.29. The molecule has 0 fully saturated rings. The first-order valence-electron chi connectivity index (χ1n) is 9.32. The molecule has 0 bridgehead atoms. The molecule has 0 unspecified atom stereocenters. The van der Waals surface area contributed by atoms with Gasteiger partial charge >= 0.3 is 0 Å². The molecule has 2 aromatic heterocycles. The van der Waals surface area contributed by atoms with Gasteiger partial charge in [-0.15, -0.1) is 0 Å². The number of pyridine rings is 1. The van der Waals surface area contributed by atoms with Crippen molar-refractivity contribution in [1.82, 2.24) is 15.0 Å². The van der Waals surface area contributed by atoms with Crippen LogP contribution in [-0.4, -0.2) is 15.0 Å². The molecule has 0 spiro atoms. The second-order valence-electron chi connectivity index (χ2n) is 6.73. The lowest BCUT2D eigenvalue weighted by atomic mass is 10.0. The number of rotatable bonds is 3. The summed E-state index contributed by atoms with van der Waals surface area (Å²) in [5.74, 6) is 0.664. The van der Waals surface area contributed by atoms with Gasteiger partial charge in [0.05, 0.1) is 5.69 Å². The maximum Gasteiger partial charge on any atom is 0.163 e. The number of aromatic nitrogens is 3. The van der Waals surface area contributed by atoms with E-state index in [1.54, 1.807) is 6.20 Å². The van der Waals surface area contributed by atoms with Crippen LogP contribution < -0.4 is 0 Å². The molecular weight excluding hydrogens is 422 g/mol. The SMILES string of the molecule is Brc1cccc(-c2nc(-c3cccc(-c4ccccc4)c3)c3cccnc3n2)c1. The van der Waals surface area contributed by atoms with Gasteiger partial charge in [-0.25, -0.2) is 15.0 Å². The molecular formula is C25H16BrN3. The summed E-state index contributed by atoms with van der Waals surface area (Å²) < 4.78 is 0.993. The average molecular weight is 438 g/mol. The number of benzene rings is 3. The topological polar surface area (TPSA) is 38.7 Å². The van der Waals surface area contributed by atoms with Crippen LogP contribution in [0.2, 0.25) is 0 Å². The van der Waals surface area contributed by atoms with Crippen LogP contribution in [0.25, 0.3) is 44.8 Å². The van der Waals surface area contributed by atoms with Crippen molar-refractivity contribution >= 4 is 27.0 Å². The molecule has 0 aliphatic heterocycles. The van der Waals surface area contributed by atoms with E-state index in [9.17, 15) is 0 Å². The van der Waals surface area contributed by atoms with E-state index in [0.29, 0.717) is 11.5 Å². The van der Waals surface area contributed by atoms with Gasteiger partial charge in [-0.05, 0) is 41.5 Å². The Bertz CT molecular complexity index is 1320. The van der Waals surface area contributed by atoms with Crippen molar-refractivity contribution in [2.75, 3.05) is 0 Å². The van der Waals surface area contributed by atoms with Crippen LogP contribution in [0.3, 0.4) is 0 Å². The molecule has 0 N–H and O–H groups in total. The van der Waals surface area contributed by atoms with Crippen molar-refractivity contribution in [3.8, 4) is 33.8 Å². The van der Waals surface area contributed by atoms with E-state index in [4.69, 9.17) is 9.97 Å². The van der Waals surface area contributed by atoms with Gasteiger partial charge in [0.25, 0.3) is 0 Å². The highest BCUT2D eigenvalue weighted by atomic mass is 79.9. The molecule has 4 heteroatoms. The molecule has 3 nitrogen and oxygen atoms in total. The van der Waals surface area contributed by atoms with Crippen molar-refractivity contribution < 1.29 is 0 Å². The summed E-state index contributed by atoms with van der Waals surface area (Å²) in [6.45, 7) is 0. The summed E-state index contributed by atoms with van der Waals surface area (Å²) >= 11 is 3.54. The molecule has 0 amide bonds. The molecule has 0 aliphatic rings. The van der Waals surface area contributed by atoms with Crippen LogP contribution in [0.1, 0.15) is 0 Å². The summed E-state index contributed by atoms with van der Waals surface area (Å²) in [5.41, 5.74) is 5.91. The van der Waals surface area contributed by atoms with Gasteiger partial charge in [-0.2, -0.15) is 0 Å². The standard InChI is InChI=1S/C25H16BrN3/c26-21-12-5-11-20(16-21)24-28-23(22-13-6-14-27-25(22)29-24)19-10-4-9-18(15-19)17-7-2-1-3-8-17/h1-16H. The first-order chi connectivity index (χ1) is 14.3. The maximum atomic E-state index is 4.95. The Kier molecular flexibility index (Phi) is 4.62. The van der Waals surface area contributed by atoms with E-state index in [0.717, 1.165) is 32.2 Å². The summed E-state index contributed by atoms with van der Waals surface area (Å²) in [5, 5.41) is 0.941. The largest absolute Gasteiger partial charge is 0.236 e. The van der Waals surface area contributed by atoms with Crippen LogP contribution in [-0.2, 0) is 0 Å². The number of fused-ring (bicyclic) bond motifs is 1. The molecule has 0 atom stereocenters. The summed E-state index contributed by atoms with van der Waals surface area (Å²) in [7, 11) is 0. The van der Waals surface area contributed by atoms with Crippen molar-refractivity contribution in [1.29, 1.82) is 0 Å². The van der Waals surface area contributed by atoms with Crippen LogP contribution >= 0.6 is 15.9 Å². The lowest BCUT2D eigenvalue weighted by molar-refractivity contribution is 1.19. The molecule has 29 heavy (non-hydrogen) atoms. The first kappa shape index (κ1) is 17.7. The van der Waals surface area contributed by atoms with Crippen molar-refractivity contribution in [3.05, 3.63) is 102 Å². The summed E-state index contributed by atoms with van der Waals surface area (Å²) in [6.07, 6.45) is 1.77. The van der Waals surface area contributed by atoms with E-state index >= 15 is 0 Å². The molecule has 0 aliphatic carbocycles. The van der Waals surface area contributed by atoms with Crippen LogP contribution in [0.15, 0.2) is 102 Å². The predicted molar refractivity (Wildman–Crippen MR) is 121 cm³/mol. The zero-order valence-electron chi connectivity index (χ0n) is 15.5. The van der Waals surface area contributed by atoms with E-state index < -0.39 is 0 Å². The highest BCUT2D eigenvalue weighted by Gasteiger charge is 2.13. The van der Waals surface area contributed by atoms with E-state index in [2.05, 4.69) is 69.4 Å². The normalized spacial score (nSPS) is 10.9. The average Bonchev–Trinajstić information content (AvgIpc) is 2.79. The highest BCUT2D eigenvalue weighted by Crippen LogP contribution is 2.31. The Morgan fingerprint density at radius 3 is 2.21 bits per heavy atom. The third kappa shape index (κ3) is 3.55. The second-order valence-corrected chi connectivity index (χ2v) is 7.64. The lowest BCUT2D eigenvalue weighted by Crippen LogP contribution is -1.96. The number of halogens is 1. The van der Waals surface area contributed by atoms with Crippen molar-refractivity contribution in [2.45, 2.75) is 0 Å². The monoisotopic (exact) mass is 437 g/mol. The number of hydrogen-bond donors (Lipinski definition) is 0. The van der Waals surface area contributed by atoms with Crippen LogP contribution in [0.5, 0.6) is 0 Å². The molecule has 0 saturated carbocycles. The second kappa shape index (κ2) is 7.57. The minimum Gasteiger partial charge on any atom is -0.236 e. The van der Waals surface area contributed by atoms with Gasteiger partial charge in [0.2, 0.25) is 0 Å². The Labute approximate surface area is 177 Å². The quantitative estimate of drug-likeness (QED) is 0.311. The van der Waals surface area contributed by atoms with Gasteiger partial charge < -0.3 is 0 Å². The third-order valence-electron chi connectivity index (χ3n) is 4.80. The van der Waals surface area contributed by atoms with E-state index in [-0.39, 0.29) is 0 Å². The van der Waals surface area contributed by atoms with Crippen molar-refractivity contribution in [2.24, 2.45) is 0 Å². The van der Waals surface area contributed by atoms with Gasteiger partial charge in [0.1, 0.15) is 0 Å². The molecule has 2 heterocycles. The van der Waals surface area contributed by atoms with Gasteiger partial charge in [0.15, 0.2) is 11.5 Å². The Morgan fingerprint density at radius 1 is 0.586 bits per heavy atom. The zero-order chi connectivity index (χ0) is 19.6. The fourth-order valence-corrected chi connectivity index (χ4v) is 3.81. The number of nitrogens with zero attached hydrogens (tertiary/aromatic N) is 3. The van der Waals surface area contributed by atoms with Gasteiger partial charge in [-0.1, -0.05) is 76.6 Å². The van der Waals surface area contributed by atoms with Crippen LogP contribution in [0.4, 0.5) is 0 Å². The Hall–Kier alpha value is -3.37. The van der Waals surface area contributed by atoms with Gasteiger partial charge in [-0.3, -0.25) is 0 Å². The maximum absolute atomic E-state index is 4.95. The zero-order valence-corrected chi connectivity index (χ0v) is 17.0. The summed E-state index contributed by atoms with van der Waals surface area (Å²) in [6, 6.07) is 30.8. The number of hydrogen-bond acceptors (Lipinski definition) is 3. The minimum absolute atomic E-state index is 0.664. The molecule has 0 saturated heterocycles. The molecule has 0 radical (unpaired) electrons. The summed E-state index contributed by atoms with van der Waals surface area (Å²) in [4.78, 5) is 14.1. The fraction of sp³-hybridized carbons (Fsp3) is 0. The predicted octanol–water partition coefficient (Wildman–Crippen LogP) is 6.79.